The molecule has 0 amide bonds. The first-order valence-electron chi connectivity index (χ1n) is 8.92. The first-order chi connectivity index (χ1) is 10.1. The van der Waals surface area contributed by atoms with Crippen LogP contribution in [0.15, 0.2) is 4.99 Å². The highest BCUT2D eigenvalue weighted by atomic mass is 15.1. The van der Waals surface area contributed by atoms with Gasteiger partial charge in [-0.05, 0) is 44.1 Å². The molecule has 1 saturated heterocycles. The molecule has 1 atom stereocenters. The molecule has 0 spiro atoms. The number of hydrogen-bond donors (Lipinski definition) is 2. The Hall–Kier alpha value is -0.770. The second-order valence-electron chi connectivity index (χ2n) is 7.37. The lowest BCUT2D eigenvalue weighted by Gasteiger charge is -2.33. The number of hydrogen-bond acceptors (Lipinski definition) is 2. The van der Waals surface area contributed by atoms with Gasteiger partial charge in [0, 0.05) is 25.7 Å². The van der Waals surface area contributed by atoms with Crippen LogP contribution in [0.3, 0.4) is 0 Å². The predicted molar refractivity (Wildman–Crippen MR) is 90.5 cm³/mol. The number of nitrogens with two attached hydrogens (primary N) is 1. The van der Waals surface area contributed by atoms with E-state index in [9.17, 15) is 0 Å². The fourth-order valence-electron chi connectivity index (χ4n) is 3.71. The molecule has 2 fully saturated rings. The Morgan fingerprint density at radius 3 is 2.67 bits per heavy atom. The minimum atomic E-state index is 0.561. The van der Waals surface area contributed by atoms with Crippen LogP contribution in [0, 0.1) is 11.8 Å². The third kappa shape index (κ3) is 6.25. The number of nitrogens with zero attached hydrogens (tertiary/aromatic N) is 2. The van der Waals surface area contributed by atoms with Gasteiger partial charge in [0.05, 0.1) is 0 Å². The van der Waals surface area contributed by atoms with Crippen molar-refractivity contribution >= 4 is 5.96 Å². The summed E-state index contributed by atoms with van der Waals surface area (Å²) in [6.07, 6.45) is 9.15. The molecule has 1 saturated carbocycles. The van der Waals surface area contributed by atoms with Crippen molar-refractivity contribution in [1.29, 1.82) is 0 Å². The standard InChI is InChI=1S/C17H34N4/c1-14(2)12-21-10-6-7-15(13-21)11-19-17(18)20-16-8-4-3-5-9-16/h14-16H,3-13H2,1-2H3,(H3,18,19,20). The molecule has 3 N–H and O–H groups in total. The molecule has 21 heavy (non-hydrogen) atoms. The van der Waals surface area contributed by atoms with Gasteiger partial charge in [-0.15, -0.1) is 0 Å². The van der Waals surface area contributed by atoms with Crippen molar-refractivity contribution in [3.8, 4) is 0 Å². The molecule has 4 nitrogen and oxygen atoms in total. The van der Waals surface area contributed by atoms with E-state index in [4.69, 9.17) is 5.73 Å². The van der Waals surface area contributed by atoms with Crippen molar-refractivity contribution in [2.45, 2.75) is 64.8 Å². The van der Waals surface area contributed by atoms with Crippen LogP contribution in [0.25, 0.3) is 0 Å². The maximum absolute atomic E-state index is 6.06. The highest BCUT2D eigenvalue weighted by Gasteiger charge is 2.20. The van der Waals surface area contributed by atoms with Gasteiger partial charge in [0.1, 0.15) is 0 Å². The predicted octanol–water partition coefficient (Wildman–Crippen LogP) is 2.59. The van der Waals surface area contributed by atoms with E-state index in [2.05, 4.69) is 29.1 Å². The Labute approximate surface area is 130 Å². The van der Waals surface area contributed by atoms with Crippen LogP contribution in [-0.2, 0) is 0 Å². The summed E-state index contributed by atoms with van der Waals surface area (Å²) < 4.78 is 0. The lowest BCUT2D eigenvalue weighted by Crippen LogP contribution is -2.42. The lowest BCUT2D eigenvalue weighted by atomic mass is 9.96. The summed E-state index contributed by atoms with van der Waals surface area (Å²) in [7, 11) is 0. The minimum Gasteiger partial charge on any atom is -0.370 e. The monoisotopic (exact) mass is 294 g/mol. The first kappa shape index (κ1) is 16.6. The molecule has 1 aliphatic carbocycles. The molecule has 1 aliphatic heterocycles. The summed E-state index contributed by atoms with van der Waals surface area (Å²) in [6, 6.07) is 0.561. The van der Waals surface area contributed by atoms with E-state index in [0.717, 1.165) is 12.5 Å². The molecule has 0 bridgehead atoms. The summed E-state index contributed by atoms with van der Waals surface area (Å²) >= 11 is 0. The van der Waals surface area contributed by atoms with E-state index >= 15 is 0 Å². The first-order valence-corrected chi connectivity index (χ1v) is 8.92. The Kier molecular flexibility index (Phi) is 6.81. The summed E-state index contributed by atoms with van der Waals surface area (Å²) in [5, 5.41) is 3.42. The summed E-state index contributed by atoms with van der Waals surface area (Å²) in [5.41, 5.74) is 6.06. The number of piperidine rings is 1. The number of aliphatic imine (C=N–C) groups is 1. The van der Waals surface area contributed by atoms with Gasteiger partial charge in [0.25, 0.3) is 0 Å². The van der Waals surface area contributed by atoms with Gasteiger partial charge in [0.15, 0.2) is 5.96 Å². The normalized spacial score (nSPS) is 26.2. The average Bonchev–Trinajstić information content (AvgIpc) is 2.46. The Bertz CT molecular complexity index is 321. The van der Waals surface area contributed by atoms with Crippen LogP contribution in [0.1, 0.15) is 58.8 Å². The van der Waals surface area contributed by atoms with Gasteiger partial charge in [0.2, 0.25) is 0 Å². The Morgan fingerprint density at radius 1 is 1.19 bits per heavy atom. The maximum Gasteiger partial charge on any atom is 0.188 e. The highest BCUT2D eigenvalue weighted by Crippen LogP contribution is 2.18. The molecule has 1 unspecified atom stereocenters. The van der Waals surface area contributed by atoms with Crippen LogP contribution in [0.4, 0.5) is 0 Å². The third-order valence-corrected chi connectivity index (χ3v) is 4.70. The quantitative estimate of drug-likeness (QED) is 0.605. The summed E-state index contributed by atoms with van der Waals surface area (Å²) in [5.74, 6) is 2.11. The van der Waals surface area contributed by atoms with E-state index in [1.165, 1.54) is 64.6 Å². The molecular formula is C17H34N4. The lowest BCUT2D eigenvalue weighted by molar-refractivity contribution is 0.162. The molecule has 0 aromatic carbocycles. The zero-order chi connectivity index (χ0) is 15.1. The fourth-order valence-corrected chi connectivity index (χ4v) is 3.71. The number of rotatable bonds is 5. The van der Waals surface area contributed by atoms with Gasteiger partial charge in [-0.25, -0.2) is 0 Å². The van der Waals surface area contributed by atoms with Gasteiger partial charge >= 0.3 is 0 Å². The fraction of sp³-hybridized carbons (Fsp3) is 0.941. The Morgan fingerprint density at radius 2 is 1.95 bits per heavy atom. The second kappa shape index (κ2) is 8.62. The largest absolute Gasteiger partial charge is 0.370 e. The van der Waals surface area contributed by atoms with Gasteiger partial charge in [-0.2, -0.15) is 0 Å². The summed E-state index contributed by atoms with van der Waals surface area (Å²) in [4.78, 5) is 7.21. The number of guanidine groups is 1. The van der Waals surface area contributed by atoms with E-state index in [1.807, 2.05) is 0 Å². The van der Waals surface area contributed by atoms with Gasteiger partial charge in [-0.1, -0.05) is 33.1 Å². The van der Waals surface area contributed by atoms with Crippen molar-refractivity contribution in [3.05, 3.63) is 0 Å². The van der Waals surface area contributed by atoms with Gasteiger partial charge < -0.3 is 16.0 Å². The number of nitrogens with one attached hydrogen (secondary N) is 1. The SMILES string of the molecule is CC(C)CN1CCCC(CN=C(N)NC2CCCCC2)C1. The van der Waals surface area contributed by atoms with Crippen molar-refractivity contribution in [2.24, 2.45) is 22.6 Å². The zero-order valence-corrected chi connectivity index (χ0v) is 14.0. The molecule has 4 heteroatoms. The van der Waals surface area contributed by atoms with Crippen molar-refractivity contribution in [2.75, 3.05) is 26.2 Å². The second-order valence-corrected chi connectivity index (χ2v) is 7.37. The van der Waals surface area contributed by atoms with Crippen molar-refractivity contribution in [1.82, 2.24) is 10.2 Å². The molecular weight excluding hydrogens is 260 g/mol. The van der Waals surface area contributed by atoms with Crippen LogP contribution in [0.2, 0.25) is 0 Å². The highest BCUT2D eigenvalue weighted by molar-refractivity contribution is 5.78. The summed E-state index contributed by atoms with van der Waals surface area (Å²) in [6.45, 7) is 9.16. The van der Waals surface area contributed by atoms with E-state index < -0.39 is 0 Å². The van der Waals surface area contributed by atoms with Crippen LogP contribution < -0.4 is 11.1 Å². The molecule has 0 aromatic heterocycles. The molecule has 122 valence electrons. The topological polar surface area (TPSA) is 53.6 Å². The molecule has 1 heterocycles. The van der Waals surface area contributed by atoms with Crippen LogP contribution in [-0.4, -0.2) is 43.1 Å². The van der Waals surface area contributed by atoms with Crippen molar-refractivity contribution in [3.63, 3.8) is 0 Å². The number of likely N-dealkylation sites (tertiary alicyclic amines) is 1. The molecule has 0 aromatic rings. The zero-order valence-electron chi connectivity index (χ0n) is 14.0. The maximum atomic E-state index is 6.06. The average molecular weight is 294 g/mol. The minimum absolute atomic E-state index is 0.561. The molecule has 2 aliphatic rings. The van der Waals surface area contributed by atoms with Gasteiger partial charge in [-0.3, -0.25) is 4.99 Å². The molecule has 2 rings (SSSR count). The Balaban J connectivity index is 1.71. The van der Waals surface area contributed by atoms with Crippen molar-refractivity contribution < 1.29 is 0 Å². The molecule has 0 radical (unpaired) electrons. The van der Waals surface area contributed by atoms with E-state index in [1.54, 1.807) is 0 Å². The third-order valence-electron chi connectivity index (χ3n) is 4.70. The van der Waals surface area contributed by atoms with E-state index in [-0.39, 0.29) is 0 Å². The smallest absolute Gasteiger partial charge is 0.188 e. The van der Waals surface area contributed by atoms with Crippen LogP contribution >= 0.6 is 0 Å². The van der Waals surface area contributed by atoms with E-state index in [0.29, 0.717) is 17.9 Å². The van der Waals surface area contributed by atoms with Crippen LogP contribution in [0.5, 0.6) is 0 Å².